The topological polar surface area (TPSA) is 106 Å². The zero-order valence-corrected chi connectivity index (χ0v) is 15.2. The van der Waals surface area contributed by atoms with E-state index in [2.05, 4.69) is 30.3 Å². The Balaban J connectivity index is 1.45. The van der Waals surface area contributed by atoms with Crippen LogP contribution in [0.15, 0.2) is 53.4 Å². The van der Waals surface area contributed by atoms with Crippen LogP contribution in [0.1, 0.15) is 17.5 Å². The molecule has 4 heterocycles. The van der Waals surface area contributed by atoms with Crippen molar-refractivity contribution in [3.05, 3.63) is 60.4 Å². The molecular formula is C19H20N6O3. The van der Waals surface area contributed by atoms with Gasteiger partial charge in [-0.3, -0.25) is 19.7 Å². The summed E-state index contributed by atoms with van der Waals surface area (Å²) in [5.41, 5.74) is 1.45. The van der Waals surface area contributed by atoms with Gasteiger partial charge in [-0.05, 0) is 23.8 Å². The summed E-state index contributed by atoms with van der Waals surface area (Å²) in [5.74, 6) is 0.565. The highest BCUT2D eigenvalue weighted by Crippen LogP contribution is 2.21. The van der Waals surface area contributed by atoms with E-state index in [4.69, 9.17) is 9.26 Å². The van der Waals surface area contributed by atoms with Crippen molar-refractivity contribution in [1.29, 1.82) is 0 Å². The molecule has 1 atom stereocenters. The quantitative estimate of drug-likeness (QED) is 0.680. The van der Waals surface area contributed by atoms with E-state index in [1.54, 1.807) is 24.7 Å². The maximum absolute atomic E-state index is 13.0. The number of hydrogen-bond acceptors (Lipinski definition) is 8. The molecule has 0 bridgehead atoms. The number of morpholine rings is 1. The molecule has 0 aromatic carbocycles. The van der Waals surface area contributed by atoms with Crippen LogP contribution in [0.5, 0.6) is 0 Å². The average molecular weight is 380 g/mol. The summed E-state index contributed by atoms with van der Waals surface area (Å²) in [7, 11) is 0. The molecule has 1 N–H and O–H groups in total. The van der Waals surface area contributed by atoms with Gasteiger partial charge in [-0.25, -0.2) is 0 Å². The van der Waals surface area contributed by atoms with Crippen molar-refractivity contribution in [3.8, 4) is 11.5 Å². The molecule has 3 aromatic heterocycles. The first-order valence-corrected chi connectivity index (χ1v) is 9.05. The summed E-state index contributed by atoms with van der Waals surface area (Å²) in [4.78, 5) is 27.7. The lowest BCUT2D eigenvalue weighted by atomic mass is 10.1. The molecule has 4 rings (SSSR count). The zero-order chi connectivity index (χ0) is 19.2. The van der Waals surface area contributed by atoms with Gasteiger partial charge < -0.3 is 14.6 Å². The van der Waals surface area contributed by atoms with Crippen molar-refractivity contribution in [3.63, 3.8) is 0 Å². The minimum absolute atomic E-state index is 0.139. The number of carbonyl (C=O) groups excluding carboxylic acids is 1. The number of pyridine rings is 2. The van der Waals surface area contributed by atoms with Gasteiger partial charge in [-0.2, -0.15) is 4.98 Å². The van der Waals surface area contributed by atoms with E-state index in [-0.39, 0.29) is 12.5 Å². The number of rotatable bonds is 6. The number of nitrogens with one attached hydrogen (secondary N) is 1. The van der Waals surface area contributed by atoms with E-state index in [0.717, 1.165) is 5.56 Å². The first kappa shape index (κ1) is 18.2. The summed E-state index contributed by atoms with van der Waals surface area (Å²) in [6.45, 7) is 2.69. The van der Waals surface area contributed by atoms with E-state index < -0.39 is 6.04 Å². The highest BCUT2D eigenvalue weighted by Gasteiger charge is 2.29. The van der Waals surface area contributed by atoms with E-state index in [1.807, 2.05) is 24.3 Å². The average Bonchev–Trinajstić information content (AvgIpc) is 3.24. The molecule has 1 aliphatic rings. The first-order chi connectivity index (χ1) is 13.8. The summed E-state index contributed by atoms with van der Waals surface area (Å²) in [5, 5.41) is 6.81. The molecule has 0 spiro atoms. The van der Waals surface area contributed by atoms with Crippen LogP contribution in [0, 0.1) is 0 Å². The van der Waals surface area contributed by atoms with Crippen LogP contribution in [0.3, 0.4) is 0 Å². The number of hydrogen-bond donors (Lipinski definition) is 1. The van der Waals surface area contributed by atoms with Crippen LogP contribution in [0.4, 0.5) is 0 Å². The molecule has 1 fully saturated rings. The summed E-state index contributed by atoms with van der Waals surface area (Å²) < 4.78 is 10.7. The number of nitrogens with zero attached hydrogens (tertiary/aromatic N) is 5. The molecule has 3 aromatic rings. The zero-order valence-electron chi connectivity index (χ0n) is 15.2. The molecular weight excluding hydrogens is 360 g/mol. The SMILES string of the molecule is O=C(NCc1nc(-c2ccccn2)no1)C(c1cccnc1)N1CCOCC1. The summed E-state index contributed by atoms with van der Waals surface area (Å²) >= 11 is 0. The molecule has 28 heavy (non-hydrogen) atoms. The third-order valence-electron chi connectivity index (χ3n) is 4.44. The largest absolute Gasteiger partial charge is 0.379 e. The molecule has 1 saturated heterocycles. The van der Waals surface area contributed by atoms with Gasteiger partial charge >= 0.3 is 0 Å². The van der Waals surface area contributed by atoms with Crippen LogP contribution < -0.4 is 5.32 Å². The Morgan fingerprint density at radius 2 is 2.07 bits per heavy atom. The molecule has 0 radical (unpaired) electrons. The number of amides is 1. The minimum Gasteiger partial charge on any atom is -0.379 e. The molecule has 144 valence electrons. The normalized spacial score (nSPS) is 15.9. The van der Waals surface area contributed by atoms with Gasteiger partial charge in [-0.1, -0.05) is 17.3 Å². The second kappa shape index (κ2) is 8.68. The van der Waals surface area contributed by atoms with E-state index in [9.17, 15) is 4.79 Å². The smallest absolute Gasteiger partial charge is 0.246 e. The lowest BCUT2D eigenvalue weighted by Gasteiger charge is -2.33. The van der Waals surface area contributed by atoms with Crippen molar-refractivity contribution in [2.75, 3.05) is 26.3 Å². The van der Waals surface area contributed by atoms with Crippen LogP contribution in [-0.4, -0.2) is 57.2 Å². The van der Waals surface area contributed by atoms with Crippen molar-refractivity contribution in [1.82, 2.24) is 30.3 Å². The van der Waals surface area contributed by atoms with Gasteiger partial charge in [0, 0.05) is 31.7 Å². The van der Waals surface area contributed by atoms with Crippen LogP contribution in [0.25, 0.3) is 11.5 Å². The molecule has 9 nitrogen and oxygen atoms in total. The third kappa shape index (κ3) is 4.21. The summed E-state index contributed by atoms with van der Waals surface area (Å²) in [6.07, 6.45) is 5.06. The Bertz CT molecular complexity index is 896. The van der Waals surface area contributed by atoms with Gasteiger partial charge in [0.1, 0.15) is 11.7 Å². The van der Waals surface area contributed by atoms with Crippen molar-refractivity contribution < 1.29 is 14.1 Å². The molecule has 0 saturated carbocycles. The second-order valence-electron chi connectivity index (χ2n) is 6.28. The lowest BCUT2D eigenvalue weighted by molar-refractivity contribution is -0.128. The molecule has 9 heteroatoms. The van der Waals surface area contributed by atoms with Crippen molar-refractivity contribution >= 4 is 5.91 Å². The number of carbonyl (C=O) groups is 1. The predicted molar refractivity (Wildman–Crippen MR) is 98.7 cm³/mol. The summed E-state index contributed by atoms with van der Waals surface area (Å²) in [6, 6.07) is 8.74. The van der Waals surface area contributed by atoms with E-state index in [1.165, 1.54) is 0 Å². The minimum atomic E-state index is -0.448. The predicted octanol–water partition coefficient (Wildman–Crippen LogP) is 1.22. The molecule has 0 aliphatic carbocycles. The maximum Gasteiger partial charge on any atom is 0.246 e. The monoisotopic (exact) mass is 380 g/mol. The lowest BCUT2D eigenvalue weighted by Crippen LogP contribution is -2.45. The Labute approximate surface area is 161 Å². The highest BCUT2D eigenvalue weighted by atomic mass is 16.5. The van der Waals surface area contributed by atoms with Crippen molar-refractivity contribution in [2.45, 2.75) is 12.6 Å². The van der Waals surface area contributed by atoms with Crippen LogP contribution in [-0.2, 0) is 16.1 Å². The van der Waals surface area contributed by atoms with Gasteiger partial charge in [0.05, 0.1) is 19.8 Å². The Morgan fingerprint density at radius 3 is 2.82 bits per heavy atom. The first-order valence-electron chi connectivity index (χ1n) is 9.05. The van der Waals surface area contributed by atoms with Crippen LogP contribution in [0.2, 0.25) is 0 Å². The van der Waals surface area contributed by atoms with Gasteiger partial charge in [0.25, 0.3) is 0 Å². The number of ether oxygens (including phenoxy) is 1. The number of aromatic nitrogens is 4. The Morgan fingerprint density at radius 1 is 1.18 bits per heavy atom. The van der Waals surface area contributed by atoms with E-state index >= 15 is 0 Å². The second-order valence-corrected chi connectivity index (χ2v) is 6.28. The fourth-order valence-corrected chi connectivity index (χ4v) is 3.09. The van der Waals surface area contributed by atoms with Crippen molar-refractivity contribution in [2.24, 2.45) is 0 Å². The molecule has 1 unspecified atom stereocenters. The third-order valence-corrected chi connectivity index (χ3v) is 4.44. The van der Waals surface area contributed by atoms with E-state index in [0.29, 0.717) is 43.7 Å². The molecule has 1 aliphatic heterocycles. The van der Waals surface area contributed by atoms with Gasteiger partial charge in [0.2, 0.25) is 17.6 Å². The highest BCUT2D eigenvalue weighted by molar-refractivity contribution is 5.83. The Kier molecular flexibility index (Phi) is 5.64. The van der Waals surface area contributed by atoms with Gasteiger partial charge in [-0.15, -0.1) is 0 Å². The Hall–Kier alpha value is -3.17. The maximum atomic E-state index is 13.0. The standard InChI is InChI=1S/C19H20N6O3/c26-19(17(14-4-3-6-20-12-14)25-8-10-27-11-9-25)22-13-16-23-18(24-28-16)15-5-1-2-7-21-15/h1-7,12,17H,8-11,13H2,(H,22,26). The molecule has 1 amide bonds. The van der Waals surface area contributed by atoms with Crippen LogP contribution >= 0.6 is 0 Å². The fraction of sp³-hybridized carbons (Fsp3) is 0.316. The fourth-order valence-electron chi connectivity index (χ4n) is 3.09. The van der Waals surface area contributed by atoms with Gasteiger partial charge in [0.15, 0.2) is 0 Å².